The molecule has 4 aromatic rings. The van der Waals surface area contributed by atoms with Crippen LogP contribution in [0.15, 0.2) is 71.9 Å². The van der Waals surface area contributed by atoms with Crippen molar-refractivity contribution in [1.29, 1.82) is 0 Å². The standard InChI is InChI=1S/C24H24N4O2S/c1-4-28(21-11-7-9-17-8-5-6-10-20(17)21)22(29)16-31-24-26-25-23(27(24)2)18-12-14-19(30-3)15-13-18/h5-15H,4,16H2,1-3H3. The Bertz CT molecular complexity index is 1200. The Hall–Kier alpha value is -3.32. The van der Waals surface area contributed by atoms with Gasteiger partial charge in [-0.05, 0) is 42.6 Å². The number of hydrogen-bond acceptors (Lipinski definition) is 5. The molecule has 4 rings (SSSR count). The van der Waals surface area contributed by atoms with Crippen LogP contribution in [0.3, 0.4) is 0 Å². The maximum atomic E-state index is 13.1. The Morgan fingerprint density at radius 1 is 1.03 bits per heavy atom. The number of hydrogen-bond donors (Lipinski definition) is 0. The molecule has 0 spiro atoms. The molecular formula is C24H24N4O2S. The first kappa shape index (κ1) is 20.9. The lowest BCUT2D eigenvalue weighted by Gasteiger charge is -2.22. The van der Waals surface area contributed by atoms with Crippen LogP contribution in [-0.2, 0) is 11.8 Å². The fourth-order valence-electron chi connectivity index (χ4n) is 3.56. The van der Waals surface area contributed by atoms with E-state index in [0.717, 1.165) is 33.6 Å². The van der Waals surface area contributed by atoms with Crippen LogP contribution in [0.25, 0.3) is 22.2 Å². The van der Waals surface area contributed by atoms with Gasteiger partial charge in [0.2, 0.25) is 5.91 Å². The van der Waals surface area contributed by atoms with Gasteiger partial charge >= 0.3 is 0 Å². The molecule has 6 nitrogen and oxygen atoms in total. The molecule has 0 saturated heterocycles. The number of ether oxygens (including phenoxy) is 1. The number of methoxy groups -OCH3 is 1. The molecule has 1 amide bonds. The van der Waals surface area contributed by atoms with Crippen molar-refractivity contribution >= 4 is 34.1 Å². The van der Waals surface area contributed by atoms with Gasteiger partial charge in [-0.25, -0.2) is 0 Å². The number of anilines is 1. The highest BCUT2D eigenvalue weighted by Gasteiger charge is 2.19. The average Bonchev–Trinajstić information content (AvgIpc) is 3.18. The average molecular weight is 433 g/mol. The number of thioether (sulfide) groups is 1. The Morgan fingerprint density at radius 3 is 2.52 bits per heavy atom. The fraction of sp³-hybridized carbons (Fsp3) is 0.208. The Kier molecular flexibility index (Phi) is 6.23. The van der Waals surface area contributed by atoms with Crippen molar-refractivity contribution in [3.63, 3.8) is 0 Å². The van der Waals surface area contributed by atoms with E-state index in [2.05, 4.69) is 28.4 Å². The second-order valence-corrected chi connectivity index (χ2v) is 7.96. The van der Waals surface area contributed by atoms with Crippen molar-refractivity contribution in [1.82, 2.24) is 14.8 Å². The lowest BCUT2D eigenvalue weighted by Crippen LogP contribution is -2.32. The largest absolute Gasteiger partial charge is 0.497 e. The van der Waals surface area contributed by atoms with Gasteiger partial charge in [-0.1, -0.05) is 48.2 Å². The molecule has 158 valence electrons. The third-order valence-electron chi connectivity index (χ3n) is 5.18. The van der Waals surface area contributed by atoms with Gasteiger partial charge < -0.3 is 14.2 Å². The molecule has 0 fully saturated rings. The molecule has 3 aromatic carbocycles. The van der Waals surface area contributed by atoms with Gasteiger partial charge in [0.1, 0.15) is 5.75 Å². The smallest absolute Gasteiger partial charge is 0.237 e. The van der Waals surface area contributed by atoms with E-state index in [1.165, 1.54) is 11.8 Å². The number of rotatable bonds is 7. The van der Waals surface area contributed by atoms with Crippen LogP contribution >= 0.6 is 11.8 Å². The zero-order chi connectivity index (χ0) is 21.8. The van der Waals surface area contributed by atoms with E-state index < -0.39 is 0 Å². The van der Waals surface area contributed by atoms with E-state index in [9.17, 15) is 4.79 Å². The van der Waals surface area contributed by atoms with Crippen LogP contribution in [0.4, 0.5) is 5.69 Å². The molecule has 1 heterocycles. The van der Waals surface area contributed by atoms with E-state index in [0.29, 0.717) is 11.7 Å². The molecule has 0 aliphatic carbocycles. The van der Waals surface area contributed by atoms with Gasteiger partial charge in [0.05, 0.1) is 18.6 Å². The molecule has 0 atom stereocenters. The molecule has 0 radical (unpaired) electrons. The molecule has 0 N–H and O–H groups in total. The highest BCUT2D eigenvalue weighted by molar-refractivity contribution is 7.99. The van der Waals surface area contributed by atoms with Crippen molar-refractivity contribution < 1.29 is 9.53 Å². The molecular weight excluding hydrogens is 408 g/mol. The van der Waals surface area contributed by atoms with E-state index >= 15 is 0 Å². The third-order valence-corrected chi connectivity index (χ3v) is 6.19. The Morgan fingerprint density at radius 2 is 1.77 bits per heavy atom. The van der Waals surface area contributed by atoms with Crippen LogP contribution in [0.2, 0.25) is 0 Å². The number of amides is 1. The van der Waals surface area contributed by atoms with Crippen molar-refractivity contribution in [3.8, 4) is 17.1 Å². The van der Waals surface area contributed by atoms with E-state index in [1.807, 2.05) is 72.0 Å². The minimum Gasteiger partial charge on any atom is -0.497 e. The number of fused-ring (bicyclic) bond motifs is 1. The predicted octanol–water partition coefficient (Wildman–Crippen LogP) is 4.79. The Balaban J connectivity index is 1.50. The van der Waals surface area contributed by atoms with E-state index in [4.69, 9.17) is 4.74 Å². The highest BCUT2D eigenvalue weighted by atomic mass is 32.2. The van der Waals surface area contributed by atoms with Crippen LogP contribution in [0, 0.1) is 0 Å². The molecule has 0 bridgehead atoms. The summed E-state index contributed by atoms with van der Waals surface area (Å²) < 4.78 is 7.12. The summed E-state index contributed by atoms with van der Waals surface area (Å²) in [6.45, 7) is 2.59. The van der Waals surface area contributed by atoms with Crippen molar-refractivity contribution in [2.45, 2.75) is 12.1 Å². The molecule has 0 saturated carbocycles. The topological polar surface area (TPSA) is 60.3 Å². The molecule has 7 heteroatoms. The number of carbonyl (C=O) groups is 1. The summed E-state index contributed by atoms with van der Waals surface area (Å²) in [4.78, 5) is 14.9. The van der Waals surface area contributed by atoms with Crippen LogP contribution in [-0.4, -0.2) is 40.1 Å². The minimum atomic E-state index is 0.0397. The first-order valence-corrected chi connectivity index (χ1v) is 11.1. The zero-order valence-corrected chi connectivity index (χ0v) is 18.6. The van der Waals surface area contributed by atoms with Crippen molar-refractivity contribution in [2.75, 3.05) is 24.3 Å². The second kappa shape index (κ2) is 9.22. The number of carbonyl (C=O) groups excluding carboxylic acids is 1. The highest BCUT2D eigenvalue weighted by Crippen LogP contribution is 2.28. The van der Waals surface area contributed by atoms with Crippen molar-refractivity contribution in [3.05, 3.63) is 66.7 Å². The molecule has 0 aliphatic heterocycles. The van der Waals surface area contributed by atoms with Gasteiger partial charge in [0.15, 0.2) is 11.0 Å². The monoisotopic (exact) mass is 432 g/mol. The van der Waals surface area contributed by atoms with Gasteiger partial charge in [-0.15, -0.1) is 10.2 Å². The summed E-state index contributed by atoms with van der Waals surface area (Å²) in [7, 11) is 3.55. The summed E-state index contributed by atoms with van der Waals surface area (Å²) >= 11 is 1.40. The second-order valence-electron chi connectivity index (χ2n) is 7.02. The summed E-state index contributed by atoms with van der Waals surface area (Å²) in [5.74, 6) is 1.86. The maximum absolute atomic E-state index is 13.1. The number of aromatic nitrogens is 3. The summed E-state index contributed by atoms with van der Waals surface area (Å²) in [5, 5.41) is 11.5. The lowest BCUT2D eigenvalue weighted by atomic mass is 10.1. The van der Waals surface area contributed by atoms with Crippen LogP contribution in [0.1, 0.15) is 6.92 Å². The van der Waals surface area contributed by atoms with Gasteiger partial charge in [0, 0.05) is 24.5 Å². The number of benzene rings is 3. The van der Waals surface area contributed by atoms with Crippen molar-refractivity contribution in [2.24, 2.45) is 7.05 Å². The first-order chi connectivity index (χ1) is 15.1. The molecule has 0 aliphatic rings. The first-order valence-electron chi connectivity index (χ1n) is 10.1. The summed E-state index contributed by atoms with van der Waals surface area (Å²) in [6, 6.07) is 21.9. The maximum Gasteiger partial charge on any atom is 0.237 e. The van der Waals surface area contributed by atoms with Crippen LogP contribution < -0.4 is 9.64 Å². The normalized spacial score (nSPS) is 10.9. The Labute approximate surface area is 185 Å². The van der Waals surface area contributed by atoms with Gasteiger partial charge in [-0.2, -0.15) is 0 Å². The molecule has 1 aromatic heterocycles. The summed E-state index contributed by atoms with van der Waals surface area (Å²) in [5.41, 5.74) is 1.88. The summed E-state index contributed by atoms with van der Waals surface area (Å²) in [6.07, 6.45) is 0. The predicted molar refractivity (Wildman–Crippen MR) is 126 cm³/mol. The molecule has 31 heavy (non-hydrogen) atoms. The molecule has 0 unspecified atom stereocenters. The quantitative estimate of drug-likeness (QED) is 0.393. The van der Waals surface area contributed by atoms with E-state index in [1.54, 1.807) is 7.11 Å². The SMILES string of the molecule is CCN(C(=O)CSc1nnc(-c2ccc(OC)cc2)n1C)c1cccc2ccccc12. The van der Waals surface area contributed by atoms with E-state index in [-0.39, 0.29) is 11.7 Å². The van der Waals surface area contributed by atoms with Gasteiger partial charge in [-0.3, -0.25) is 4.79 Å². The zero-order valence-electron chi connectivity index (χ0n) is 17.8. The van der Waals surface area contributed by atoms with Gasteiger partial charge in [0.25, 0.3) is 0 Å². The third kappa shape index (κ3) is 4.27. The lowest BCUT2D eigenvalue weighted by molar-refractivity contribution is -0.116. The minimum absolute atomic E-state index is 0.0397. The fourth-order valence-corrected chi connectivity index (χ4v) is 4.35. The van der Waals surface area contributed by atoms with Crippen LogP contribution in [0.5, 0.6) is 5.75 Å². The number of nitrogens with zero attached hydrogens (tertiary/aromatic N) is 4.